The summed E-state index contributed by atoms with van der Waals surface area (Å²) in [5.41, 5.74) is 1.33. The summed E-state index contributed by atoms with van der Waals surface area (Å²) in [5.74, 6) is 0. The molecule has 0 amide bonds. The zero-order chi connectivity index (χ0) is 11.3. The number of hydrogen-bond acceptors (Lipinski definition) is 1. The Morgan fingerprint density at radius 3 is 2.27 bits per heavy atom. The number of rotatable bonds is 5. The van der Waals surface area contributed by atoms with Crippen molar-refractivity contribution >= 4 is 0 Å². The molecule has 0 bridgehead atoms. The van der Waals surface area contributed by atoms with E-state index in [-0.39, 0.29) is 0 Å². The van der Waals surface area contributed by atoms with Crippen molar-refractivity contribution in [2.45, 2.75) is 25.4 Å². The smallest absolute Gasteiger partial charge is 0.0902 e. The average molecular weight is 202 g/mol. The van der Waals surface area contributed by atoms with Crippen LogP contribution in [0.15, 0.2) is 49.6 Å². The maximum Gasteiger partial charge on any atom is 0.0902 e. The van der Waals surface area contributed by atoms with E-state index in [1.165, 1.54) is 5.56 Å². The molecule has 1 nitrogen and oxygen atoms in total. The predicted octanol–water partition coefficient (Wildman–Crippen LogP) is 3.20. The van der Waals surface area contributed by atoms with E-state index < -0.39 is 5.60 Å². The van der Waals surface area contributed by atoms with E-state index in [0.717, 1.165) is 12.0 Å². The van der Waals surface area contributed by atoms with Crippen LogP contribution < -0.4 is 0 Å². The summed E-state index contributed by atoms with van der Waals surface area (Å²) in [6, 6.07) is 7.97. The van der Waals surface area contributed by atoms with Crippen molar-refractivity contribution in [3.8, 4) is 0 Å². The first-order valence-electron chi connectivity index (χ1n) is 5.14. The van der Waals surface area contributed by atoms with Crippen LogP contribution >= 0.6 is 0 Å². The van der Waals surface area contributed by atoms with Crippen LogP contribution in [-0.4, -0.2) is 5.11 Å². The number of aliphatic hydroxyl groups is 1. The molecule has 0 radical (unpaired) electrons. The monoisotopic (exact) mass is 202 g/mol. The normalized spacial score (nSPS) is 14.3. The summed E-state index contributed by atoms with van der Waals surface area (Å²) in [7, 11) is 0. The van der Waals surface area contributed by atoms with Crippen molar-refractivity contribution in [1.29, 1.82) is 0 Å². The zero-order valence-electron chi connectivity index (χ0n) is 9.24. The lowest BCUT2D eigenvalue weighted by Crippen LogP contribution is -2.19. The lowest BCUT2D eigenvalue weighted by atomic mass is 9.92. The van der Waals surface area contributed by atoms with Crippen molar-refractivity contribution < 1.29 is 5.11 Å². The molecule has 0 aliphatic carbocycles. The fourth-order valence-corrected chi connectivity index (χ4v) is 1.57. The van der Waals surface area contributed by atoms with Crippen LogP contribution in [0.4, 0.5) is 0 Å². The Morgan fingerprint density at radius 2 is 1.80 bits per heavy atom. The number of hydrogen-bond donors (Lipinski definition) is 1. The SMILES string of the molecule is C=CCc1ccc(C(C)(O)CC=C)cc1. The first-order chi connectivity index (χ1) is 7.10. The lowest BCUT2D eigenvalue weighted by Gasteiger charge is -2.22. The molecule has 1 unspecified atom stereocenters. The van der Waals surface area contributed by atoms with Crippen molar-refractivity contribution in [2.75, 3.05) is 0 Å². The summed E-state index contributed by atoms with van der Waals surface area (Å²) in [6.07, 6.45) is 5.03. The molecule has 0 fully saturated rings. The van der Waals surface area contributed by atoms with E-state index in [4.69, 9.17) is 0 Å². The molecule has 0 aromatic heterocycles. The first-order valence-corrected chi connectivity index (χ1v) is 5.14. The molecule has 1 heteroatoms. The maximum absolute atomic E-state index is 10.1. The summed E-state index contributed by atoms with van der Waals surface area (Å²) in [5, 5.41) is 10.1. The minimum Gasteiger partial charge on any atom is -0.385 e. The van der Waals surface area contributed by atoms with Gasteiger partial charge in [-0.25, -0.2) is 0 Å². The van der Waals surface area contributed by atoms with Gasteiger partial charge in [0.05, 0.1) is 5.60 Å². The van der Waals surface area contributed by atoms with Crippen LogP contribution in [0.1, 0.15) is 24.5 Å². The Balaban J connectivity index is 2.87. The van der Waals surface area contributed by atoms with Gasteiger partial charge in [-0.1, -0.05) is 36.4 Å². The van der Waals surface area contributed by atoms with Gasteiger partial charge in [0.1, 0.15) is 0 Å². The molecule has 1 atom stereocenters. The Hall–Kier alpha value is -1.34. The van der Waals surface area contributed by atoms with E-state index in [1.54, 1.807) is 13.0 Å². The van der Waals surface area contributed by atoms with Gasteiger partial charge in [0.15, 0.2) is 0 Å². The fraction of sp³-hybridized carbons (Fsp3) is 0.286. The van der Waals surface area contributed by atoms with Crippen LogP contribution in [0.2, 0.25) is 0 Å². The second-order valence-corrected chi connectivity index (χ2v) is 3.96. The Kier molecular flexibility index (Phi) is 3.87. The molecule has 0 spiro atoms. The highest BCUT2D eigenvalue weighted by atomic mass is 16.3. The minimum atomic E-state index is -0.811. The van der Waals surface area contributed by atoms with Gasteiger partial charge < -0.3 is 5.11 Å². The highest BCUT2D eigenvalue weighted by Crippen LogP contribution is 2.24. The number of benzene rings is 1. The topological polar surface area (TPSA) is 20.2 Å². The maximum atomic E-state index is 10.1. The van der Waals surface area contributed by atoms with Crippen molar-refractivity contribution in [2.24, 2.45) is 0 Å². The van der Waals surface area contributed by atoms with Gasteiger partial charge in [0.2, 0.25) is 0 Å². The highest BCUT2D eigenvalue weighted by molar-refractivity contribution is 5.28. The largest absolute Gasteiger partial charge is 0.385 e. The quantitative estimate of drug-likeness (QED) is 0.727. The molecule has 0 heterocycles. The Bertz CT molecular complexity index is 333. The van der Waals surface area contributed by atoms with E-state index in [9.17, 15) is 5.11 Å². The van der Waals surface area contributed by atoms with Crippen molar-refractivity contribution in [3.63, 3.8) is 0 Å². The fourth-order valence-electron chi connectivity index (χ4n) is 1.57. The standard InChI is InChI=1S/C14H18O/c1-4-6-12-7-9-13(10-8-12)14(3,15)11-5-2/h4-5,7-10,15H,1-2,6,11H2,3H3. The van der Waals surface area contributed by atoms with Crippen LogP contribution in [0.5, 0.6) is 0 Å². The minimum absolute atomic E-state index is 0.563. The molecule has 80 valence electrons. The van der Waals surface area contributed by atoms with Gasteiger partial charge in [0, 0.05) is 0 Å². The average Bonchev–Trinajstić information content (AvgIpc) is 2.19. The van der Waals surface area contributed by atoms with Crippen LogP contribution in [0.3, 0.4) is 0 Å². The summed E-state index contributed by atoms with van der Waals surface area (Å²) >= 11 is 0. The third-order valence-electron chi connectivity index (χ3n) is 2.50. The lowest BCUT2D eigenvalue weighted by molar-refractivity contribution is 0.0606. The Morgan fingerprint density at radius 1 is 1.20 bits per heavy atom. The first kappa shape index (κ1) is 11.7. The van der Waals surface area contributed by atoms with E-state index in [1.807, 2.05) is 30.3 Å². The second kappa shape index (κ2) is 4.94. The van der Waals surface area contributed by atoms with Crippen LogP contribution in [0.25, 0.3) is 0 Å². The zero-order valence-corrected chi connectivity index (χ0v) is 9.24. The van der Waals surface area contributed by atoms with Crippen molar-refractivity contribution in [1.82, 2.24) is 0 Å². The van der Waals surface area contributed by atoms with Gasteiger partial charge in [-0.05, 0) is 30.9 Å². The van der Waals surface area contributed by atoms with Crippen molar-refractivity contribution in [3.05, 3.63) is 60.7 Å². The molecule has 1 rings (SSSR count). The van der Waals surface area contributed by atoms with Gasteiger partial charge in [0.25, 0.3) is 0 Å². The predicted molar refractivity (Wildman–Crippen MR) is 64.7 cm³/mol. The molecule has 1 aromatic rings. The highest BCUT2D eigenvalue weighted by Gasteiger charge is 2.20. The molecule has 1 aromatic carbocycles. The molecule has 0 saturated carbocycles. The molecular formula is C14H18O. The third-order valence-corrected chi connectivity index (χ3v) is 2.50. The third kappa shape index (κ3) is 3.07. The summed E-state index contributed by atoms with van der Waals surface area (Å²) in [4.78, 5) is 0. The van der Waals surface area contributed by atoms with E-state index >= 15 is 0 Å². The summed E-state index contributed by atoms with van der Waals surface area (Å²) < 4.78 is 0. The molecule has 0 aliphatic heterocycles. The molecule has 0 saturated heterocycles. The molecule has 15 heavy (non-hydrogen) atoms. The van der Waals surface area contributed by atoms with E-state index in [2.05, 4.69) is 13.2 Å². The van der Waals surface area contributed by atoms with E-state index in [0.29, 0.717) is 6.42 Å². The van der Waals surface area contributed by atoms with Gasteiger partial charge in [-0.2, -0.15) is 0 Å². The second-order valence-electron chi connectivity index (χ2n) is 3.96. The summed E-state index contributed by atoms with van der Waals surface area (Å²) in [6.45, 7) is 9.14. The van der Waals surface area contributed by atoms with Crippen LogP contribution in [-0.2, 0) is 12.0 Å². The molecule has 1 N–H and O–H groups in total. The van der Waals surface area contributed by atoms with Crippen LogP contribution in [0, 0.1) is 0 Å². The number of allylic oxidation sites excluding steroid dienone is 1. The van der Waals surface area contributed by atoms with Gasteiger partial charge in [-0.3, -0.25) is 0 Å². The van der Waals surface area contributed by atoms with Gasteiger partial charge in [-0.15, -0.1) is 13.2 Å². The van der Waals surface area contributed by atoms with Gasteiger partial charge >= 0.3 is 0 Å². The molecular weight excluding hydrogens is 184 g/mol. The molecule has 0 aliphatic rings. The Labute approximate surface area is 91.8 Å².